The number of carbonyl (C=O) groups excluding carboxylic acids is 2. The average Bonchev–Trinajstić information content (AvgIpc) is 2.94. The van der Waals surface area contributed by atoms with E-state index in [0.717, 1.165) is 23.1 Å². The van der Waals surface area contributed by atoms with Gasteiger partial charge in [-0.2, -0.15) is 0 Å². The van der Waals surface area contributed by atoms with E-state index in [4.69, 9.17) is 32.7 Å². The van der Waals surface area contributed by atoms with Crippen LogP contribution in [0.3, 0.4) is 0 Å². The highest BCUT2D eigenvalue weighted by Crippen LogP contribution is 2.31. The van der Waals surface area contributed by atoms with E-state index < -0.39 is 6.04 Å². The van der Waals surface area contributed by atoms with E-state index in [1.165, 1.54) is 0 Å². The Bertz CT molecular complexity index is 1280. The van der Waals surface area contributed by atoms with Crippen LogP contribution in [0.15, 0.2) is 66.7 Å². The van der Waals surface area contributed by atoms with Crippen LogP contribution in [0.1, 0.15) is 43.4 Å². The summed E-state index contributed by atoms with van der Waals surface area (Å²) in [6, 6.07) is 19.9. The number of halogens is 2. The zero-order chi connectivity index (χ0) is 27.8. The number of aryl methyl sites for hydroxylation is 1. The zero-order valence-corrected chi connectivity index (χ0v) is 23.8. The van der Waals surface area contributed by atoms with Gasteiger partial charge in [0.25, 0.3) is 0 Å². The topological polar surface area (TPSA) is 67.9 Å². The first kappa shape index (κ1) is 28.8. The normalized spacial score (nSPS) is 13.8. The maximum absolute atomic E-state index is 13.9. The molecule has 1 N–H and O–H groups in total. The minimum Gasteiger partial charge on any atom is -0.486 e. The van der Waals surface area contributed by atoms with Gasteiger partial charge in [-0.25, -0.2) is 0 Å². The number of nitrogens with zero attached hydrogens (tertiary/aromatic N) is 1. The van der Waals surface area contributed by atoms with Crippen molar-refractivity contribution in [2.45, 2.75) is 58.2 Å². The van der Waals surface area contributed by atoms with Crippen molar-refractivity contribution in [3.8, 4) is 11.5 Å². The van der Waals surface area contributed by atoms with Crippen molar-refractivity contribution >= 4 is 35.0 Å². The lowest BCUT2D eigenvalue weighted by molar-refractivity contribution is -0.141. The SMILES string of the molecule is CCC(C)NC(=O)C(Cc1ccccc1)N(Cc1ccc(Cl)cc1Cl)C(=O)CCc1ccc2c(c1)OCCO2. The molecule has 0 aromatic heterocycles. The van der Waals surface area contributed by atoms with E-state index in [2.05, 4.69) is 5.32 Å². The fourth-order valence-corrected chi connectivity index (χ4v) is 4.93. The maximum Gasteiger partial charge on any atom is 0.243 e. The van der Waals surface area contributed by atoms with Crippen molar-refractivity contribution in [3.05, 3.63) is 93.5 Å². The number of hydrogen-bond donors (Lipinski definition) is 1. The predicted molar refractivity (Wildman–Crippen MR) is 155 cm³/mol. The van der Waals surface area contributed by atoms with Crippen LogP contribution >= 0.6 is 23.2 Å². The summed E-state index contributed by atoms with van der Waals surface area (Å²) in [7, 11) is 0. The van der Waals surface area contributed by atoms with Crippen molar-refractivity contribution in [1.29, 1.82) is 0 Å². The van der Waals surface area contributed by atoms with Crippen molar-refractivity contribution < 1.29 is 19.1 Å². The molecule has 0 radical (unpaired) electrons. The Morgan fingerprint density at radius 2 is 1.69 bits per heavy atom. The molecule has 2 unspecified atom stereocenters. The summed E-state index contributed by atoms with van der Waals surface area (Å²) in [4.78, 5) is 29.2. The lowest BCUT2D eigenvalue weighted by Crippen LogP contribution is -2.52. The molecule has 206 valence electrons. The standard InChI is InChI=1S/C31H34Cl2N2O4/c1-3-21(2)34-31(37)27(17-22-7-5-4-6-8-22)35(20-24-11-12-25(32)19-26(24)33)30(36)14-10-23-9-13-28-29(18-23)39-16-15-38-28/h4-9,11-13,18-19,21,27H,3,10,14-17,20H2,1-2H3,(H,34,37). The summed E-state index contributed by atoms with van der Waals surface area (Å²) in [5, 5.41) is 4.05. The molecule has 0 fully saturated rings. The first-order chi connectivity index (χ1) is 18.8. The van der Waals surface area contributed by atoms with Gasteiger partial charge in [0.2, 0.25) is 11.8 Å². The molecule has 1 heterocycles. The highest BCUT2D eigenvalue weighted by atomic mass is 35.5. The molecule has 1 aliphatic rings. The quantitative estimate of drug-likeness (QED) is 0.297. The van der Waals surface area contributed by atoms with Gasteiger partial charge in [-0.3, -0.25) is 9.59 Å². The van der Waals surface area contributed by atoms with E-state index >= 15 is 0 Å². The van der Waals surface area contributed by atoms with Gasteiger partial charge in [-0.1, -0.05) is 72.6 Å². The molecule has 39 heavy (non-hydrogen) atoms. The fraction of sp³-hybridized carbons (Fsp3) is 0.355. The lowest BCUT2D eigenvalue weighted by Gasteiger charge is -2.32. The lowest BCUT2D eigenvalue weighted by atomic mass is 10.0. The zero-order valence-electron chi connectivity index (χ0n) is 22.3. The molecule has 2 atom stereocenters. The van der Waals surface area contributed by atoms with Crippen molar-refractivity contribution in [3.63, 3.8) is 0 Å². The van der Waals surface area contributed by atoms with E-state index in [1.807, 2.05) is 62.4 Å². The van der Waals surface area contributed by atoms with E-state index in [9.17, 15) is 9.59 Å². The number of hydrogen-bond acceptors (Lipinski definition) is 4. The molecule has 0 spiro atoms. The van der Waals surface area contributed by atoms with Crippen molar-refractivity contribution in [2.24, 2.45) is 0 Å². The monoisotopic (exact) mass is 568 g/mol. The van der Waals surface area contributed by atoms with E-state index in [1.54, 1.807) is 23.1 Å². The number of amides is 2. The Hall–Kier alpha value is -3.22. The third-order valence-corrected chi connectivity index (χ3v) is 7.45. The molecule has 1 aliphatic heterocycles. The molecule has 8 heteroatoms. The van der Waals surface area contributed by atoms with Crippen LogP contribution in [0.2, 0.25) is 10.0 Å². The van der Waals surface area contributed by atoms with Gasteiger partial charge in [0.15, 0.2) is 11.5 Å². The summed E-state index contributed by atoms with van der Waals surface area (Å²) in [5.41, 5.74) is 2.65. The molecular formula is C31H34Cl2N2O4. The van der Waals surface area contributed by atoms with Crippen LogP contribution in [0, 0.1) is 0 Å². The second-order valence-electron chi connectivity index (χ2n) is 9.76. The molecule has 0 saturated heterocycles. The summed E-state index contributed by atoms with van der Waals surface area (Å²) >= 11 is 12.7. The second-order valence-corrected chi connectivity index (χ2v) is 10.6. The third kappa shape index (κ3) is 7.90. The van der Waals surface area contributed by atoms with Crippen molar-refractivity contribution in [2.75, 3.05) is 13.2 Å². The van der Waals surface area contributed by atoms with E-state index in [-0.39, 0.29) is 30.8 Å². The van der Waals surface area contributed by atoms with Gasteiger partial charge < -0.3 is 19.7 Å². The summed E-state index contributed by atoms with van der Waals surface area (Å²) < 4.78 is 11.3. The second kappa shape index (κ2) is 13.7. The largest absolute Gasteiger partial charge is 0.486 e. The van der Waals surface area contributed by atoms with Crippen LogP contribution in [-0.4, -0.2) is 42.0 Å². The van der Waals surface area contributed by atoms with E-state index in [0.29, 0.717) is 47.6 Å². The number of benzene rings is 3. The van der Waals surface area contributed by atoms with Gasteiger partial charge in [-0.05, 0) is 60.7 Å². The Kier molecular flexibility index (Phi) is 10.1. The number of fused-ring (bicyclic) bond motifs is 1. The van der Waals surface area contributed by atoms with Crippen LogP contribution in [0.25, 0.3) is 0 Å². The third-order valence-electron chi connectivity index (χ3n) is 6.86. The number of rotatable bonds is 11. The predicted octanol–water partition coefficient (Wildman–Crippen LogP) is 6.25. The van der Waals surface area contributed by atoms with Gasteiger partial charge in [-0.15, -0.1) is 0 Å². The minimum absolute atomic E-state index is 0.0236. The number of ether oxygens (including phenoxy) is 2. The highest BCUT2D eigenvalue weighted by molar-refractivity contribution is 6.35. The summed E-state index contributed by atoms with van der Waals surface area (Å²) in [6.45, 7) is 5.18. The fourth-order valence-electron chi connectivity index (χ4n) is 4.47. The van der Waals surface area contributed by atoms with Crippen LogP contribution < -0.4 is 14.8 Å². The Morgan fingerprint density at radius 3 is 2.41 bits per heavy atom. The molecule has 3 aromatic rings. The molecule has 0 saturated carbocycles. The first-order valence-electron chi connectivity index (χ1n) is 13.3. The first-order valence-corrected chi connectivity index (χ1v) is 14.1. The van der Waals surface area contributed by atoms with Crippen LogP contribution in [0.5, 0.6) is 11.5 Å². The van der Waals surface area contributed by atoms with Gasteiger partial charge in [0.05, 0.1) is 0 Å². The van der Waals surface area contributed by atoms with Gasteiger partial charge in [0.1, 0.15) is 19.3 Å². The summed E-state index contributed by atoms with van der Waals surface area (Å²) in [6.07, 6.45) is 1.87. The molecule has 0 aliphatic carbocycles. The highest BCUT2D eigenvalue weighted by Gasteiger charge is 2.31. The van der Waals surface area contributed by atoms with Crippen LogP contribution in [-0.2, 0) is 29.0 Å². The van der Waals surface area contributed by atoms with Crippen molar-refractivity contribution in [1.82, 2.24) is 10.2 Å². The summed E-state index contributed by atoms with van der Waals surface area (Å²) in [5.74, 6) is 1.06. The molecule has 6 nitrogen and oxygen atoms in total. The Morgan fingerprint density at radius 1 is 0.949 bits per heavy atom. The van der Waals surface area contributed by atoms with Gasteiger partial charge in [0, 0.05) is 35.5 Å². The molecule has 3 aromatic carbocycles. The smallest absolute Gasteiger partial charge is 0.243 e. The number of carbonyl (C=O) groups is 2. The molecule has 4 rings (SSSR count). The Balaban J connectivity index is 1.62. The van der Waals surface area contributed by atoms with Gasteiger partial charge >= 0.3 is 0 Å². The number of nitrogens with one attached hydrogen (secondary N) is 1. The maximum atomic E-state index is 13.9. The average molecular weight is 570 g/mol. The minimum atomic E-state index is -0.721. The van der Waals surface area contributed by atoms with Crippen LogP contribution in [0.4, 0.5) is 0 Å². The molecular weight excluding hydrogens is 535 g/mol. The molecule has 2 amide bonds. The Labute approximate surface area is 240 Å². The molecule has 0 bridgehead atoms.